The Morgan fingerprint density at radius 3 is 2.10 bits per heavy atom. The molecule has 0 aliphatic rings. The molecule has 2 aromatic rings. The molecule has 1 atom stereocenters. The molecule has 0 saturated heterocycles. The molecule has 30 heavy (non-hydrogen) atoms. The number of hydrogen-bond donors (Lipinski definition) is 1. The second kappa shape index (κ2) is 13.0. The first-order chi connectivity index (χ1) is 14.7. The molecular formula is C29H33N. The Morgan fingerprint density at radius 2 is 1.47 bits per heavy atom. The summed E-state index contributed by atoms with van der Waals surface area (Å²) in [5, 5.41) is 3.38. The van der Waals surface area contributed by atoms with E-state index in [4.69, 9.17) is 0 Å². The standard InChI is InChI=1S/C29H33N/c1-4-6-13-23-29(3,27-20-11-8-12-21-27)24-14-15-25-30-28(5-2)22-16-19-26-17-9-7-10-18-26/h4,6-25,30H,5H2,1-3H3/b6-4-,19-16+,23-13-,24-14-,25-15+,28-22+. The van der Waals surface area contributed by atoms with E-state index in [1.165, 1.54) is 16.8 Å². The van der Waals surface area contributed by atoms with E-state index in [0.29, 0.717) is 0 Å². The summed E-state index contributed by atoms with van der Waals surface area (Å²) in [6.45, 7) is 6.41. The minimum Gasteiger partial charge on any atom is -0.365 e. The Bertz CT molecular complexity index is 911. The SMILES string of the molecule is C/C=C\C=C/C(C)(/C=C\C=C\N/C(=C/C=C/c1ccccc1)CC)c1ccccc1. The van der Waals surface area contributed by atoms with Gasteiger partial charge >= 0.3 is 0 Å². The van der Waals surface area contributed by atoms with E-state index in [1.807, 2.05) is 37.4 Å². The van der Waals surface area contributed by atoms with Crippen LogP contribution in [0.1, 0.15) is 38.3 Å². The van der Waals surface area contributed by atoms with Crippen molar-refractivity contribution in [3.8, 4) is 0 Å². The van der Waals surface area contributed by atoms with Crippen LogP contribution < -0.4 is 5.32 Å². The Labute approximate surface area is 182 Å². The van der Waals surface area contributed by atoms with Gasteiger partial charge in [-0.15, -0.1) is 0 Å². The highest BCUT2D eigenvalue weighted by Gasteiger charge is 2.18. The quantitative estimate of drug-likeness (QED) is 0.406. The topological polar surface area (TPSA) is 12.0 Å². The van der Waals surface area contributed by atoms with Crippen molar-refractivity contribution in [1.82, 2.24) is 5.32 Å². The first-order valence-electron chi connectivity index (χ1n) is 10.6. The molecule has 2 rings (SSSR count). The third-order valence-corrected chi connectivity index (χ3v) is 4.83. The van der Waals surface area contributed by atoms with Crippen molar-refractivity contribution in [2.45, 2.75) is 32.6 Å². The van der Waals surface area contributed by atoms with Crippen molar-refractivity contribution < 1.29 is 0 Å². The molecule has 1 unspecified atom stereocenters. The van der Waals surface area contributed by atoms with Crippen LogP contribution in [0.4, 0.5) is 0 Å². The maximum Gasteiger partial charge on any atom is 0.0289 e. The van der Waals surface area contributed by atoms with Gasteiger partial charge in [0.1, 0.15) is 0 Å². The number of allylic oxidation sites excluding steroid dienone is 10. The van der Waals surface area contributed by atoms with Crippen LogP contribution >= 0.6 is 0 Å². The van der Waals surface area contributed by atoms with Crippen LogP contribution in [0.3, 0.4) is 0 Å². The maximum atomic E-state index is 3.38. The van der Waals surface area contributed by atoms with Gasteiger partial charge in [0.05, 0.1) is 0 Å². The fraction of sp³-hybridized carbons (Fsp3) is 0.172. The Hall–Kier alpha value is -3.32. The van der Waals surface area contributed by atoms with Crippen LogP contribution in [0.15, 0.2) is 127 Å². The molecule has 0 amide bonds. The predicted molar refractivity (Wildman–Crippen MR) is 133 cm³/mol. The molecule has 0 aliphatic carbocycles. The van der Waals surface area contributed by atoms with E-state index >= 15 is 0 Å². The lowest BCUT2D eigenvalue weighted by molar-refractivity contribution is 0.757. The summed E-state index contributed by atoms with van der Waals surface area (Å²) >= 11 is 0. The molecule has 1 heteroatoms. The van der Waals surface area contributed by atoms with Crippen molar-refractivity contribution in [3.63, 3.8) is 0 Å². The second-order valence-electron chi connectivity index (χ2n) is 7.21. The van der Waals surface area contributed by atoms with Gasteiger partial charge < -0.3 is 5.32 Å². The second-order valence-corrected chi connectivity index (χ2v) is 7.21. The molecule has 0 heterocycles. The molecule has 0 spiro atoms. The average Bonchev–Trinajstić information content (AvgIpc) is 2.79. The summed E-state index contributed by atoms with van der Waals surface area (Å²) in [7, 11) is 0. The van der Waals surface area contributed by atoms with Crippen molar-refractivity contribution in [1.29, 1.82) is 0 Å². The molecule has 0 aliphatic heterocycles. The highest BCUT2D eigenvalue weighted by Crippen LogP contribution is 2.27. The van der Waals surface area contributed by atoms with Crippen LogP contribution in [-0.4, -0.2) is 0 Å². The molecular weight excluding hydrogens is 362 g/mol. The molecule has 0 bridgehead atoms. The van der Waals surface area contributed by atoms with Gasteiger partial charge in [-0.2, -0.15) is 0 Å². The van der Waals surface area contributed by atoms with Gasteiger partial charge in [0, 0.05) is 17.3 Å². The summed E-state index contributed by atoms with van der Waals surface area (Å²) < 4.78 is 0. The number of rotatable bonds is 10. The molecule has 1 nitrogen and oxygen atoms in total. The fourth-order valence-corrected chi connectivity index (χ4v) is 2.99. The van der Waals surface area contributed by atoms with E-state index in [1.54, 1.807) is 0 Å². The van der Waals surface area contributed by atoms with E-state index in [0.717, 1.165) is 6.42 Å². The predicted octanol–water partition coefficient (Wildman–Crippen LogP) is 7.74. The fourth-order valence-electron chi connectivity index (χ4n) is 2.99. The van der Waals surface area contributed by atoms with Crippen LogP contribution in [0.5, 0.6) is 0 Å². The zero-order valence-electron chi connectivity index (χ0n) is 18.3. The summed E-state index contributed by atoms with van der Waals surface area (Å²) in [6.07, 6.45) is 24.1. The molecule has 2 aromatic carbocycles. The molecule has 0 aromatic heterocycles. The minimum atomic E-state index is -0.160. The van der Waals surface area contributed by atoms with Gasteiger partial charge in [-0.3, -0.25) is 0 Å². The largest absolute Gasteiger partial charge is 0.365 e. The van der Waals surface area contributed by atoms with Gasteiger partial charge in [-0.05, 0) is 43.5 Å². The van der Waals surface area contributed by atoms with E-state index in [2.05, 4.69) is 116 Å². The van der Waals surface area contributed by atoms with Gasteiger partial charge in [-0.1, -0.05) is 116 Å². The highest BCUT2D eigenvalue weighted by molar-refractivity contribution is 5.51. The van der Waals surface area contributed by atoms with Gasteiger partial charge in [-0.25, -0.2) is 0 Å². The molecule has 0 radical (unpaired) electrons. The Balaban J connectivity index is 2.02. The summed E-state index contributed by atoms with van der Waals surface area (Å²) in [6, 6.07) is 20.9. The van der Waals surface area contributed by atoms with Gasteiger partial charge in [0.15, 0.2) is 0 Å². The van der Waals surface area contributed by atoms with E-state index < -0.39 is 0 Å². The first kappa shape index (κ1) is 23.0. The Kier molecular flexibility index (Phi) is 9.96. The van der Waals surface area contributed by atoms with E-state index in [-0.39, 0.29) is 5.41 Å². The molecule has 1 N–H and O–H groups in total. The van der Waals surface area contributed by atoms with Crippen molar-refractivity contribution >= 4 is 6.08 Å². The maximum absolute atomic E-state index is 3.38. The lowest BCUT2D eigenvalue weighted by atomic mass is 9.81. The lowest BCUT2D eigenvalue weighted by Gasteiger charge is -2.22. The third-order valence-electron chi connectivity index (χ3n) is 4.83. The smallest absolute Gasteiger partial charge is 0.0289 e. The highest BCUT2D eigenvalue weighted by atomic mass is 14.8. The Morgan fingerprint density at radius 1 is 0.833 bits per heavy atom. The molecule has 0 fully saturated rings. The number of benzene rings is 2. The summed E-state index contributed by atoms with van der Waals surface area (Å²) in [4.78, 5) is 0. The zero-order chi connectivity index (χ0) is 21.5. The van der Waals surface area contributed by atoms with E-state index in [9.17, 15) is 0 Å². The summed E-state index contributed by atoms with van der Waals surface area (Å²) in [5.74, 6) is 0. The lowest BCUT2D eigenvalue weighted by Crippen LogP contribution is -2.15. The average molecular weight is 396 g/mol. The van der Waals surface area contributed by atoms with Crippen LogP contribution in [0.25, 0.3) is 6.08 Å². The van der Waals surface area contributed by atoms with Gasteiger partial charge in [0.25, 0.3) is 0 Å². The number of hydrogen-bond acceptors (Lipinski definition) is 1. The molecule has 0 saturated carbocycles. The van der Waals surface area contributed by atoms with Crippen molar-refractivity contribution in [2.75, 3.05) is 0 Å². The van der Waals surface area contributed by atoms with Crippen molar-refractivity contribution in [3.05, 3.63) is 138 Å². The van der Waals surface area contributed by atoms with Crippen molar-refractivity contribution in [2.24, 2.45) is 0 Å². The molecule has 154 valence electrons. The summed E-state index contributed by atoms with van der Waals surface area (Å²) in [5.41, 5.74) is 3.48. The zero-order valence-corrected chi connectivity index (χ0v) is 18.3. The first-order valence-corrected chi connectivity index (χ1v) is 10.6. The normalized spacial score (nSPS) is 15.1. The number of nitrogens with one attached hydrogen (secondary N) is 1. The monoisotopic (exact) mass is 395 g/mol. The minimum absolute atomic E-state index is 0.160. The van der Waals surface area contributed by atoms with Crippen LogP contribution in [0, 0.1) is 0 Å². The van der Waals surface area contributed by atoms with Crippen LogP contribution in [-0.2, 0) is 5.41 Å². The third kappa shape index (κ3) is 7.97. The van der Waals surface area contributed by atoms with Crippen LogP contribution in [0.2, 0.25) is 0 Å². The van der Waals surface area contributed by atoms with Gasteiger partial charge in [0.2, 0.25) is 0 Å².